The Balaban J connectivity index is 1.89. The zero-order valence-electron chi connectivity index (χ0n) is 11.1. The van der Waals surface area contributed by atoms with E-state index in [1.54, 1.807) is 0 Å². The third kappa shape index (κ3) is 1.86. The fourth-order valence-corrected chi connectivity index (χ4v) is 4.36. The van der Waals surface area contributed by atoms with Gasteiger partial charge in [0.2, 0.25) is 0 Å². The third-order valence-corrected chi connectivity index (χ3v) is 5.43. The predicted molar refractivity (Wildman–Crippen MR) is 63.5 cm³/mol. The molecule has 0 amide bonds. The number of nitriles is 1. The van der Waals surface area contributed by atoms with Gasteiger partial charge < -0.3 is 9.84 Å². The number of alkyl halides is 3. The van der Waals surface area contributed by atoms with Crippen molar-refractivity contribution in [1.29, 1.82) is 5.26 Å². The Morgan fingerprint density at radius 2 is 1.95 bits per heavy atom. The van der Waals surface area contributed by atoms with Crippen LogP contribution in [0.2, 0.25) is 0 Å². The van der Waals surface area contributed by atoms with Crippen molar-refractivity contribution in [2.75, 3.05) is 0 Å². The van der Waals surface area contributed by atoms with Gasteiger partial charge in [-0.3, -0.25) is 0 Å². The van der Waals surface area contributed by atoms with E-state index in [4.69, 9.17) is 4.74 Å². The highest BCUT2D eigenvalue weighted by molar-refractivity contribution is 5.22. The lowest BCUT2D eigenvalue weighted by Crippen LogP contribution is -2.56. The van der Waals surface area contributed by atoms with Gasteiger partial charge in [-0.1, -0.05) is 0 Å². The van der Waals surface area contributed by atoms with E-state index < -0.39 is 29.2 Å². The van der Waals surface area contributed by atoms with Gasteiger partial charge in [0, 0.05) is 0 Å². The number of halogens is 3. The van der Waals surface area contributed by atoms with Crippen LogP contribution in [0.25, 0.3) is 0 Å². The predicted octanol–water partition coefficient (Wildman–Crippen LogP) is 2.93. The topological polar surface area (TPSA) is 53.2 Å². The van der Waals surface area contributed by atoms with Crippen molar-refractivity contribution in [3.63, 3.8) is 0 Å². The molecule has 0 aromatic carbocycles. The van der Waals surface area contributed by atoms with Crippen molar-refractivity contribution in [1.82, 2.24) is 0 Å². The maximum absolute atomic E-state index is 13.0. The summed E-state index contributed by atoms with van der Waals surface area (Å²) in [7, 11) is 0. The first-order valence-electron chi connectivity index (χ1n) is 7.16. The first kappa shape index (κ1) is 14.2. The quantitative estimate of drug-likeness (QED) is 0.807. The maximum atomic E-state index is 13.0. The fourth-order valence-electron chi connectivity index (χ4n) is 4.36. The number of ether oxygens (including phenoxy) is 1. The number of rotatable bonds is 1. The summed E-state index contributed by atoms with van der Waals surface area (Å²) in [6, 6.07) is 2.15. The summed E-state index contributed by atoms with van der Waals surface area (Å²) in [6.07, 6.45) is -2.66. The largest absolute Gasteiger partial charge is 0.391 e. The van der Waals surface area contributed by atoms with Crippen LogP contribution in [0.5, 0.6) is 0 Å². The highest BCUT2D eigenvalue weighted by Crippen LogP contribution is 2.58. The molecule has 1 saturated carbocycles. The minimum absolute atomic E-state index is 0.0439. The molecule has 1 aliphatic carbocycles. The second-order valence-corrected chi connectivity index (χ2v) is 6.48. The molecule has 2 bridgehead atoms. The van der Waals surface area contributed by atoms with E-state index in [1.165, 1.54) is 0 Å². The van der Waals surface area contributed by atoms with E-state index in [-0.39, 0.29) is 25.4 Å². The third-order valence-electron chi connectivity index (χ3n) is 5.43. The summed E-state index contributed by atoms with van der Waals surface area (Å²) in [6.45, 7) is 0. The van der Waals surface area contributed by atoms with Gasteiger partial charge >= 0.3 is 6.18 Å². The Hall–Kier alpha value is -0.800. The number of hydrogen-bond acceptors (Lipinski definition) is 3. The van der Waals surface area contributed by atoms with E-state index >= 15 is 0 Å². The van der Waals surface area contributed by atoms with Crippen molar-refractivity contribution in [3.8, 4) is 6.07 Å². The van der Waals surface area contributed by atoms with Crippen molar-refractivity contribution in [3.05, 3.63) is 0 Å². The van der Waals surface area contributed by atoms with Crippen LogP contribution in [0.3, 0.4) is 0 Å². The summed E-state index contributed by atoms with van der Waals surface area (Å²) < 4.78 is 44.5. The van der Waals surface area contributed by atoms with E-state index in [0.717, 1.165) is 6.42 Å². The molecule has 6 heteroatoms. The molecule has 0 spiro atoms. The van der Waals surface area contributed by atoms with Crippen LogP contribution in [-0.4, -0.2) is 29.1 Å². The van der Waals surface area contributed by atoms with Crippen molar-refractivity contribution in [2.24, 2.45) is 11.3 Å². The molecule has 2 heterocycles. The summed E-state index contributed by atoms with van der Waals surface area (Å²) in [5.74, 6) is -1.51. The molecule has 3 nitrogen and oxygen atoms in total. The van der Waals surface area contributed by atoms with Gasteiger partial charge in [-0.25, -0.2) is 0 Å². The van der Waals surface area contributed by atoms with Gasteiger partial charge in [0.15, 0.2) is 0 Å². The Kier molecular flexibility index (Phi) is 3.07. The average molecular weight is 289 g/mol. The zero-order valence-corrected chi connectivity index (χ0v) is 11.1. The SMILES string of the molecule is N#CC1(C2(O)CCCC(C(F)(F)F)C2)CC2CCC1O2. The highest BCUT2D eigenvalue weighted by Gasteiger charge is 2.65. The van der Waals surface area contributed by atoms with E-state index in [2.05, 4.69) is 6.07 Å². The molecule has 5 unspecified atom stereocenters. The standard InChI is InChI=1S/C14H18F3NO2/c15-14(16,17)9-2-1-5-13(19,6-9)12(8-18)7-10-3-4-11(12)20-10/h9-11,19H,1-7H2. The minimum atomic E-state index is -4.30. The summed E-state index contributed by atoms with van der Waals surface area (Å²) in [5, 5.41) is 20.4. The lowest BCUT2D eigenvalue weighted by Gasteiger charge is -2.48. The van der Waals surface area contributed by atoms with Crippen LogP contribution in [0, 0.1) is 22.7 Å². The lowest BCUT2D eigenvalue weighted by molar-refractivity contribution is -0.215. The molecule has 112 valence electrons. The zero-order chi connectivity index (χ0) is 14.6. The van der Waals surface area contributed by atoms with Crippen LogP contribution in [-0.2, 0) is 4.74 Å². The summed E-state index contributed by atoms with van der Waals surface area (Å²) in [4.78, 5) is 0. The number of nitrogens with zero attached hydrogens (tertiary/aromatic N) is 1. The molecule has 5 atom stereocenters. The van der Waals surface area contributed by atoms with Gasteiger partial charge in [-0.15, -0.1) is 0 Å². The van der Waals surface area contributed by atoms with Crippen LogP contribution in [0.1, 0.15) is 44.9 Å². The molecule has 20 heavy (non-hydrogen) atoms. The molecule has 2 aliphatic heterocycles. The van der Waals surface area contributed by atoms with Crippen LogP contribution in [0.15, 0.2) is 0 Å². The second kappa shape index (κ2) is 4.35. The molecule has 3 rings (SSSR count). The van der Waals surface area contributed by atoms with Crippen LogP contribution < -0.4 is 0 Å². The summed E-state index contributed by atoms with van der Waals surface area (Å²) >= 11 is 0. The molecule has 3 aliphatic rings. The van der Waals surface area contributed by atoms with E-state index in [1.807, 2.05) is 0 Å². The number of hydrogen-bond donors (Lipinski definition) is 1. The molecule has 0 aromatic heterocycles. The van der Waals surface area contributed by atoms with Crippen molar-refractivity contribution in [2.45, 2.75) is 68.9 Å². The highest BCUT2D eigenvalue weighted by atomic mass is 19.4. The summed E-state index contributed by atoms with van der Waals surface area (Å²) in [5.41, 5.74) is -2.72. The fraction of sp³-hybridized carbons (Fsp3) is 0.929. The molecule has 0 aromatic rings. The monoisotopic (exact) mass is 289 g/mol. The Labute approximate surface area is 115 Å². The van der Waals surface area contributed by atoms with Gasteiger partial charge in [-0.2, -0.15) is 18.4 Å². The van der Waals surface area contributed by atoms with E-state index in [0.29, 0.717) is 19.3 Å². The Morgan fingerprint density at radius 1 is 1.20 bits per heavy atom. The molecular formula is C14H18F3NO2. The molecular weight excluding hydrogens is 271 g/mol. The van der Waals surface area contributed by atoms with Crippen molar-refractivity contribution >= 4 is 0 Å². The van der Waals surface area contributed by atoms with Gasteiger partial charge in [0.25, 0.3) is 0 Å². The molecule has 3 fully saturated rings. The second-order valence-electron chi connectivity index (χ2n) is 6.48. The molecule has 2 saturated heterocycles. The van der Waals surface area contributed by atoms with Crippen molar-refractivity contribution < 1.29 is 23.0 Å². The number of aliphatic hydroxyl groups is 1. The number of fused-ring (bicyclic) bond motifs is 2. The molecule has 0 radical (unpaired) electrons. The maximum Gasteiger partial charge on any atom is 0.391 e. The lowest BCUT2D eigenvalue weighted by atomic mass is 9.57. The van der Waals surface area contributed by atoms with Crippen LogP contribution >= 0.6 is 0 Å². The normalized spacial score (nSPS) is 48.2. The van der Waals surface area contributed by atoms with Gasteiger partial charge in [-0.05, 0) is 44.9 Å². The Bertz CT molecular complexity index is 447. The first-order chi connectivity index (χ1) is 9.31. The first-order valence-corrected chi connectivity index (χ1v) is 7.16. The van der Waals surface area contributed by atoms with Crippen LogP contribution in [0.4, 0.5) is 13.2 Å². The molecule has 1 N–H and O–H groups in total. The average Bonchev–Trinajstić information content (AvgIpc) is 2.98. The smallest absolute Gasteiger partial charge is 0.388 e. The van der Waals surface area contributed by atoms with E-state index in [9.17, 15) is 23.5 Å². The minimum Gasteiger partial charge on any atom is -0.388 e. The Morgan fingerprint density at radius 3 is 2.45 bits per heavy atom. The van der Waals surface area contributed by atoms with Gasteiger partial charge in [0.05, 0.1) is 29.8 Å². The van der Waals surface area contributed by atoms with Gasteiger partial charge in [0.1, 0.15) is 5.41 Å².